The Balaban J connectivity index is 1.57. The molecule has 4 aliphatic carbocycles. The van der Waals surface area contributed by atoms with Gasteiger partial charge in [0.15, 0.2) is 0 Å². The van der Waals surface area contributed by atoms with Gasteiger partial charge >= 0.3 is 0 Å². The van der Waals surface area contributed by atoms with Crippen LogP contribution >= 0.6 is 0 Å². The van der Waals surface area contributed by atoms with Gasteiger partial charge in [-0.15, -0.1) is 0 Å². The summed E-state index contributed by atoms with van der Waals surface area (Å²) < 4.78 is 0. The van der Waals surface area contributed by atoms with Crippen LogP contribution in [0.3, 0.4) is 0 Å². The van der Waals surface area contributed by atoms with E-state index in [0.717, 1.165) is 48.9 Å². The number of hydrogen-bond donors (Lipinski definition) is 2. The average molecular weight is 278 g/mol. The lowest BCUT2D eigenvalue weighted by molar-refractivity contribution is -0.0913. The average Bonchev–Trinajstić information content (AvgIpc) is 2.74. The van der Waals surface area contributed by atoms with Gasteiger partial charge in [-0.25, -0.2) is 0 Å². The summed E-state index contributed by atoms with van der Waals surface area (Å²) in [5.74, 6) is 4.26. The number of fused-ring (bicyclic) bond motifs is 5. The molecule has 8 atom stereocenters. The molecule has 2 nitrogen and oxygen atoms in total. The molecule has 4 rings (SSSR count). The first-order chi connectivity index (χ1) is 9.59. The number of aliphatic hydroxyl groups excluding tert-OH is 2. The van der Waals surface area contributed by atoms with Crippen LogP contribution in [0.1, 0.15) is 64.7 Å². The molecule has 0 unspecified atom stereocenters. The van der Waals surface area contributed by atoms with Gasteiger partial charge in [0, 0.05) is 0 Å². The summed E-state index contributed by atoms with van der Waals surface area (Å²) in [6.45, 7) is 2.36. The summed E-state index contributed by atoms with van der Waals surface area (Å²) in [7, 11) is 0. The van der Waals surface area contributed by atoms with Gasteiger partial charge in [0.1, 0.15) is 0 Å². The van der Waals surface area contributed by atoms with Gasteiger partial charge in [-0.3, -0.25) is 0 Å². The molecule has 4 fully saturated rings. The normalized spacial score (nSPS) is 58.6. The zero-order valence-corrected chi connectivity index (χ0v) is 12.8. The first-order valence-electron chi connectivity index (χ1n) is 8.95. The molecule has 4 aliphatic rings. The zero-order valence-electron chi connectivity index (χ0n) is 12.8. The van der Waals surface area contributed by atoms with Crippen molar-refractivity contribution in [2.45, 2.75) is 76.9 Å². The van der Waals surface area contributed by atoms with Crippen molar-refractivity contribution >= 4 is 0 Å². The van der Waals surface area contributed by atoms with E-state index in [9.17, 15) is 10.2 Å². The van der Waals surface area contributed by atoms with Crippen molar-refractivity contribution in [2.24, 2.45) is 35.0 Å². The predicted molar refractivity (Wildman–Crippen MR) is 79.1 cm³/mol. The number of hydrogen-bond acceptors (Lipinski definition) is 2. The Bertz CT molecular complexity index is 382. The minimum absolute atomic E-state index is 0.0186. The monoisotopic (exact) mass is 278 g/mol. The number of aliphatic hydroxyl groups is 2. The topological polar surface area (TPSA) is 40.5 Å². The van der Waals surface area contributed by atoms with Crippen molar-refractivity contribution in [1.29, 1.82) is 0 Å². The standard InChI is InChI=1S/C18H30O2/c1-18-9-8-14-13-5-3-12(19)10-11(13)2-4-15(14)16(18)6-7-17(18)20/h11-17,19-20H,2-10H2,1H3/t11-,12+,13+,14-,15-,16+,17+,18+/m1/s1. The Hall–Kier alpha value is -0.0800. The van der Waals surface area contributed by atoms with Crippen LogP contribution in [0.15, 0.2) is 0 Å². The molecule has 2 heteroatoms. The van der Waals surface area contributed by atoms with E-state index < -0.39 is 0 Å². The first kappa shape index (κ1) is 13.6. The molecule has 0 aromatic heterocycles. The highest BCUT2D eigenvalue weighted by Crippen LogP contribution is 2.62. The molecule has 2 N–H and O–H groups in total. The van der Waals surface area contributed by atoms with Crippen LogP contribution in [-0.2, 0) is 0 Å². The molecule has 0 aromatic rings. The third-order valence-electron chi connectivity index (χ3n) is 7.88. The fourth-order valence-corrected chi connectivity index (χ4v) is 6.80. The van der Waals surface area contributed by atoms with Crippen LogP contribution < -0.4 is 0 Å². The van der Waals surface area contributed by atoms with E-state index in [4.69, 9.17) is 0 Å². The van der Waals surface area contributed by atoms with Gasteiger partial charge in [0.05, 0.1) is 12.2 Å². The van der Waals surface area contributed by atoms with Crippen LogP contribution in [0.5, 0.6) is 0 Å². The molecular formula is C18H30O2. The predicted octanol–water partition coefficient (Wildman–Crippen LogP) is 3.36. The lowest BCUT2D eigenvalue weighted by Crippen LogP contribution is -2.49. The molecule has 114 valence electrons. The van der Waals surface area contributed by atoms with E-state index in [1.165, 1.54) is 38.5 Å². The molecule has 0 amide bonds. The molecular weight excluding hydrogens is 248 g/mol. The summed E-state index contributed by atoms with van der Waals surface area (Å²) in [6.07, 6.45) is 10.9. The van der Waals surface area contributed by atoms with E-state index in [1.807, 2.05) is 0 Å². The highest BCUT2D eigenvalue weighted by molar-refractivity contribution is 5.06. The Morgan fingerprint density at radius 2 is 1.60 bits per heavy atom. The summed E-state index contributed by atoms with van der Waals surface area (Å²) >= 11 is 0. The van der Waals surface area contributed by atoms with Crippen molar-refractivity contribution in [2.75, 3.05) is 0 Å². The molecule has 0 aromatic carbocycles. The summed E-state index contributed by atoms with van der Waals surface area (Å²) in [5, 5.41) is 20.3. The van der Waals surface area contributed by atoms with Crippen molar-refractivity contribution in [3.63, 3.8) is 0 Å². The van der Waals surface area contributed by atoms with Crippen molar-refractivity contribution in [3.8, 4) is 0 Å². The van der Waals surface area contributed by atoms with E-state index in [-0.39, 0.29) is 17.6 Å². The van der Waals surface area contributed by atoms with E-state index in [1.54, 1.807) is 0 Å². The Labute approximate surface area is 123 Å². The molecule has 0 aliphatic heterocycles. The second kappa shape index (κ2) is 4.71. The Kier molecular flexibility index (Phi) is 3.20. The Morgan fingerprint density at radius 3 is 2.45 bits per heavy atom. The summed E-state index contributed by atoms with van der Waals surface area (Å²) in [6, 6.07) is 0. The molecule has 0 saturated heterocycles. The molecule has 0 radical (unpaired) electrons. The van der Waals surface area contributed by atoms with Crippen molar-refractivity contribution in [1.82, 2.24) is 0 Å². The molecule has 4 saturated carbocycles. The number of rotatable bonds is 0. The largest absolute Gasteiger partial charge is 0.393 e. The quantitative estimate of drug-likeness (QED) is 0.713. The maximum Gasteiger partial charge on any atom is 0.0596 e. The van der Waals surface area contributed by atoms with Gasteiger partial charge < -0.3 is 10.2 Å². The van der Waals surface area contributed by atoms with Gasteiger partial charge in [-0.05, 0) is 92.8 Å². The maximum absolute atomic E-state index is 10.4. The lowest BCUT2D eigenvalue weighted by atomic mass is 9.50. The van der Waals surface area contributed by atoms with E-state index in [2.05, 4.69) is 6.92 Å². The third kappa shape index (κ3) is 1.83. The molecule has 0 spiro atoms. The van der Waals surface area contributed by atoms with Gasteiger partial charge in [-0.1, -0.05) is 6.92 Å². The van der Waals surface area contributed by atoms with Gasteiger partial charge in [-0.2, -0.15) is 0 Å². The fraction of sp³-hybridized carbons (Fsp3) is 1.00. The smallest absolute Gasteiger partial charge is 0.0596 e. The highest BCUT2D eigenvalue weighted by atomic mass is 16.3. The van der Waals surface area contributed by atoms with Crippen molar-refractivity contribution < 1.29 is 10.2 Å². The SMILES string of the molecule is C[C@]12CC[C@H]3[C@@H](CC[C@@H]4C[C@@H](O)CC[C@@H]43)[C@@H]1CC[C@@H]2O. The minimum Gasteiger partial charge on any atom is -0.393 e. The second-order valence-electron chi connectivity index (χ2n) is 8.54. The molecule has 0 heterocycles. The van der Waals surface area contributed by atoms with E-state index in [0.29, 0.717) is 0 Å². The zero-order chi connectivity index (χ0) is 13.9. The van der Waals surface area contributed by atoms with Crippen molar-refractivity contribution in [3.05, 3.63) is 0 Å². The maximum atomic E-state index is 10.4. The first-order valence-corrected chi connectivity index (χ1v) is 8.95. The van der Waals surface area contributed by atoms with Crippen LogP contribution in [0.25, 0.3) is 0 Å². The lowest BCUT2D eigenvalue weighted by Gasteiger charge is -2.55. The fourth-order valence-electron chi connectivity index (χ4n) is 6.80. The van der Waals surface area contributed by atoms with Gasteiger partial charge in [0.25, 0.3) is 0 Å². The Morgan fingerprint density at radius 1 is 0.800 bits per heavy atom. The minimum atomic E-state index is -0.0423. The van der Waals surface area contributed by atoms with Crippen LogP contribution in [0.4, 0.5) is 0 Å². The van der Waals surface area contributed by atoms with Crippen LogP contribution in [0.2, 0.25) is 0 Å². The summed E-state index contributed by atoms with van der Waals surface area (Å²) in [4.78, 5) is 0. The van der Waals surface area contributed by atoms with E-state index >= 15 is 0 Å². The molecule has 0 bridgehead atoms. The van der Waals surface area contributed by atoms with Gasteiger partial charge in [0.2, 0.25) is 0 Å². The van der Waals surface area contributed by atoms with Crippen LogP contribution in [-0.4, -0.2) is 22.4 Å². The second-order valence-corrected chi connectivity index (χ2v) is 8.54. The van der Waals surface area contributed by atoms with Crippen LogP contribution in [0, 0.1) is 35.0 Å². The third-order valence-corrected chi connectivity index (χ3v) is 7.88. The summed E-state index contributed by atoms with van der Waals surface area (Å²) in [5.41, 5.74) is 0.224. The molecule has 20 heavy (non-hydrogen) atoms. The highest BCUT2D eigenvalue weighted by Gasteiger charge is 2.56.